The molecule has 22 heavy (non-hydrogen) atoms. The Balaban J connectivity index is 1.97. The Morgan fingerprint density at radius 1 is 1.18 bits per heavy atom. The highest BCUT2D eigenvalue weighted by Gasteiger charge is 2.36. The fourth-order valence-corrected chi connectivity index (χ4v) is 3.33. The Hall–Kier alpha value is -1.55. The third-order valence-corrected chi connectivity index (χ3v) is 4.49. The molecule has 5 heteroatoms. The number of aliphatic carboxylic acids is 1. The number of carbonyl (C=O) groups is 2. The van der Waals surface area contributed by atoms with Crippen molar-refractivity contribution in [2.24, 2.45) is 0 Å². The molecule has 2 rings (SSSR count). The molecule has 1 saturated carbocycles. The van der Waals surface area contributed by atoms with E-state index >= 15 is 0 Å². The van der Waals surface area contributed by atoms with E-state index in [-0.39, 0.29) is 17.9 Å². The molecule has 2 N–H and O–H groups in total. The van der Waals surface area contributed by atoms with Gasteiger partial charge in [0.15, 0.2) is 0 Å². The van der Waals surface area contributed by atoms with Gasteiger partial charge >= 0.3 is 5.97 Å². The van der Waals surface area contributed by atoms with Crippen molar-refractivity contribution in [3.63, 3.8) is 0 Å². The van der Waals surface area contributed by atoms with Crippen LogP contribution >= 0.6 is 11.6 Å². The van der Waals surface area contributed by atoms with Crippen LogP contribution in [0, 0.1) is 0 Å². The first-order valence-corrected chi connectivity index (χ1v) is 8.18. The number of benzene rings is 1. The van der Waals surface area contributed by atoms with E-state index in [0.29, 0.717) is 24.3 Å². The van der Waals surface area contributed by atoms with Crippen LogP contribution in [0.1, 0.15) is 56.9 Å². The van der Waals surface area contributed by atoms with Gasteiger partial charge in [0.25, 0.3) is 0 Å². The minimum atomic E-state index is -0.813. The zero-order valence-electron chi connectivity index (χ0n) is 12.6. The fraction of sp³-hybridized carbons (Fsp3) is 0.529. The largest absolute Gasteiger partial charge is 0.481 e. The number of hydrogen-bond donors (Lipinski definition) is 2. The van der Waals surface area contributed by atoms with Crippen molar-refractivity contribution in [3.05, 3.63) is 34.9 Å². The molecule has 0 spiro atoms. The molecule has 1 fully saturated rings. The molecule has 1 aliphatic carbocycles. The van der Waals surface area contributed by atoms with Crippen LogP contribution in [0.3, 0.4) is 0 Å². The van der Waals surface area contributed by atoms with Gasteiger partial charge in [0.2, 0.25) is 5.91 Å². The number of carboxylic acid groups (broad SMARTS) is 1. The van der Waals surface area contributed by atoms with E-state index in [1.807, 2.05) is 24.3 Å². The van der Waals surface area contributed by atoms with Crippen LogP contribution in [-0.4, -0.2) is 17.0 Å². The summed E-state index contributed by atoms with van der Waals surface area (Å²) in [4.78, 5) is 22.7. The van der Waals surface area contributed by atoms with Crippen LogP contribution in [0.5, 0.6) is 0 Å². The predicted molar refractivity (Wildman–Crippen MR) is 85.8 cm³/mol. The molecule has 1 aliphatic rings. The van der Waals surface area contributed by atoms with E-state index in [1.165, 1.54) is 0 Å². The third kappa shape index (κ3) is 4.47. The maximum Gasteiger partial charge on any atom is 0.303 e. The topological polar surface area (TPSA) is 66.4 Å². The molecule has 0 unspecified atom stereocenters. The summed E-state index contributed by atoms with van der Waals surface area (Å²) in [5, 5.41) is 12.5. The summed E-state index contributed by atoms with van der Waals surface area (Å²) in [5.41, 5.74) is 0.755. The minimum absolute atomic E-state index is 0.00716. The summed E-state index contributed by atoms with van der Waals surface area (Å²) in [7, 11) is 0. The van der Waals surface area contributed by atoms with Crippen LogP contribution in [0.4, 0.5) is 0 Å². The summed E-state index contributed by atoms with van der Waals surface area (Å²) >= 11 is 6.09. The second-order valence-corrected chi connectivity index (χ2v) is 6.39. The molecular weight excluding hydrogens is 302 g/mol. The quantitative estimate of drug-likeness (QED) is 0.748. The first-order valence-electron chi connectivity index (χ1n) is 7.81. The average Bonchev–Trinajstić information content (AvgIpc) is 2.93. The summed E-state index contributed by atoms with van der Waals surface area (Å²) in [6.07, 6.45) is 5.65. The van der Waals surface area contributed by atoms with E-state index in [4.69, 9.17) is 16.7 Å². The van der Waals surface area contributed by atoms with Crippen LogP contribution in [0.15, 0.2) is 24.3 Å². The number of rotatable bonds is 7. The van der Waals surface area contributed by atoms with Gasteiger partial charge in [-0.25, -0.2) is 0 Å². The lowest BCUT2D eigenvalue weighted by Crippen LogP contribution is -2.43. The molecule has 1 amide bonds. The normalized spacial score (nSPS) is 16.4. The van der Waals surface area contributed by atoms with Crippen molar-refractivity contribution < 1.29 is 14.7 Å². The highest BCUT2D eigenvalue weighted by molar-refractivity contribution is 6.30. The first-order chi connectivity index (χ1) is 10.5. The lowest BCUT2D eigenvalue weighted by molar-refractivity contribution is -0.137. The maximum atomic E-state index is 12.2. The lowest BCUT2D eigenvalue weighted by Gasteiger charge is -2.31. The van der Waals surface area contributed by atoms with E-state index in [0.717, 1.165) is 31.2 Å². The molecule has 0 heterocycles. The zero-order valence-corrected chi connectivity index (χ0v) is 13.4. The summed E-state index contributed by atoms with van der Waals surface area (Å²) in [6.45, 7) is 0. The maximum absolute atomic E-state index is 12.2. The van der Waals surface area contributed by atoms with Crippen molar-refractivity contribution in [2.75, 3.05) is 0 Å². The van der Waals surface area contributed by atoms with E-state index in [9.17, 15) is 9.59 Å². The number of carbonyl (C=O) groups excluding carboxylic acids is 1. The van der Waals surface area contributed by atoms with Gasteiger partial charge in [0.05, 0.1) is 5.54 Å². The minimum Gasteiger partial charge on any atom is -0.481 e. The smallest absolute Gasteiger partial charge is 0.303 e. The molecule has 1 aromatic carbocycles. The van der Waals surface area contributed by atoms with Crippen LogP contribution in [0.2, 0.25) is 5.02 Å². The van der Waals surface area contributed by atoms with Gasteiger partial charge in [-0.2, -0.15) is 0 Å². The van der Waals surface area contributed by atoms with Gasteiger partial charge in [-0.3, -0.25) is 9.59 Å². The number of carboxylic acids is 1. The van der Waals surface area contributed by atoms with Crippen molar-refractivity contribution in [1.82, 2.24) is 5.32 Å². The number of nitrogens with one attached hydrogen (secondary N) is 1. The molecule has 0 atom stereocenters. The van der Waals surface area contributed by atoms with Crippen molar-refractivity contribution in [2.45, 2.75) is 56.9 Å². The van der Waals surface area contributed by atoms with Gasteiger partial charge < -0.3 is 10.4 Å². The second kappa shape index (κ2) is 7.63. The molecule has 0 bridgehead atoms. The van der Waals surface area contributed by atoms with Gasteiger partial charge in [0.1, 0.15) is 0 Å². The summed E-state index contributed by atoms with van der Waals surface area (Å²) < 4.78 is 0. The Bertz CT molecular complexity index is 538. The standard InChI is InChI=1S/C17H22ClNO3/c18-14-7-5-6-13(12-14)17(10-3-4-11-17)19-15(20)8-1-2-9-16(21)22/h5-7,12H,1-4,8-11H2,(H,19,20)(H,21,22). The summed E-state index contributed by atoms with van der Waals surface area (Å²) in [5.74, 6) is -0.820. The van der Waals surface area contributed by atoms with Gasteiger partial charge in [0, 0.05) is 17.9 Å². The third-order valence-electron chi connectivity index (χ3n) is 4.26. The number of halogens is 1. The van der Waals surface area contributed by atoms with Crippen molar-refractivity contribution in [3.8, 4) is 0 Å². The van der Waals surface area contributed by atoms with E-state index < -0.39 is 5.97 Å². The predicted octanol–water partition coefficient (Wildman–Crippen LogP) is 3.87. The Kier molecular flexibility index (Phi) is 5.83. The molecule has 4 nitrogen and oxygen atoms in total. The lowest BCUT2D eigenvalue weighted by atomic mass is 9.88. The number of unbranched alkanes of at least 4 members (excludes halogenated alkanes) is 1. The Morgan fingerprint density at radius 3 is 2.50 bits per heavy atom. The average molecular weight is 324 g/mol. The molecule has 120 valence electrons. The van der Waals surface area contributed by atoms with Gasteiger partial charge in [-0.1, -0.05) is 36.6 Å². The van der Waals surface area contributed by atoms with Crippen molar-refractivity contribution in [1.29, 1.82) is 0 Å². The Morgan fingerprint density at radius 2 is 1.86 bits per heavy atom. The highest BCUT2D eigenvalue weighted by Crippen LogP contribution is 2.39. The fourth-order valence-electron chi connectivity index (χ4n) is 3.14. The second-order valence-electron chi connectivity index (χ2n) is 5.95. The molecule has 0 saturated heterocycles. The molecule has 1 aromatic rings. The molecule has 0 aliphatic heterocycles. The van der Waals surface area contributed by atoms with Crippen LogP contribution in [-0.2, 0) is 15.1 Å². The van der Waals surface area contributed by atoms with Crippen molar-refractivity contribution >= 4 is 23.5 Å². The monoisotopic (exact) mass is 323 g/mol. The molecular formula is C17H22ClNO3. The number of amides is 1. The molecule has 0 radical (unpaired) electrons. The molecule has 0 aromatic heterocycles. The Labute approximate surface area is 135 Å². The zero-order chi connectivity index (χ0) is 16.0. The highest BCUT2D eigenvalue weighted by atomic mass is 35.5. The van der Waals surface area contributed by atoms with Gasteiger partial charge in [-0.05, 0) is 43.4 Å². The van der Waals surface area contributed by atoms with E-state index in [2.05, 4.69) is 5.32 Å². The van der Waals surface area contributed by atoms with Crippen LogP contribution < -0.4 is 5.32 Å². The van der Waals surface area contributed by atoms with Gasteiger partial charge in [-0.15, -0.1) is 0 Å². The first kappa shape index (κ1) is 16.8. The van der Waals surface area contributed by atoms with E-state index in [1.54, 1.807) is 0 Å². The SMILES string of the molecule is O=C(O)CCCCC(=O)NC1(c2cccc(Cl)c2)CCCC1. The summed E-state index contributed by atoms with van der Waals surface area (Å²) in [6, 6.07) is 7.69. The number of hydrogen-bond acceptors (Lipinski definition) is 2. The van der Waals surface area contributed by atoms with Crippen LogP contribution in [0.25, 0.3) is 0 Å².